The van der Waals surface area contributed by atoms with E-state index in [-0.39, 0.29) is 5.91 Å². The first-order valence-electron chi connectivity index (χ1n) is 7.89. The van der Waals surface area contributed by atoms with E-state index in [4.69, 9.17) is 0 Å². The van der Waals surface area contributed by atoms with E-state index >= 15 is 0 Å². The average Bonchev–Trinajstić information content (AvgIpc) is 3.06. The lowest BCUT2D eigenvalue weighted by molar-refractivity contribution is 0.0956. The number of hydrogen-bond donors (Lipinski definition) is 1. The van der Waals surface area contributed by atoms with Crippen molar-refractivity contribution in [3.8, 4) is 0 Å². The van der Waals surface area contributed by atoms with Crippen LogP contribution in [0.5, 0.6) is 0 Å². The van der Waals surface area contributed by atoms with Crippen LogP contribution in [0, 0.1) is 5.92 Å². The molecule has 3 aromatic rings. The summed E-state index contributed by atoms with van der Waals surface area (Å²) < 4.78 is 0. The summed E-state index contributed by atoms with van der Waals surface area (Å²) in [5.74, 6) is 0.262. The monoisotopic (exact) mass is 337 g/mol. The normalized spacial score (nSPS) is 11.5. The van der Waals surface area contributed by atoms with Gasteiger partial charge in [-0.3, -0.25) is 9.78 Å². The first-order valence-corrected chi connectivity index (χ1v) is 8.77. The van der Waals surface area contributed by atoms with Gasteiger partial charge >= 0.3 is 0 Å². The molecule has 2 heterocycles. The van der Waals surface area contributed by atoms with E-state index in [0.717, 1.165) is 27.9 Å². The van der Waals surface area contributed by atoms with Gasteiger partial charge in [0.05, 0.1) is 17.3 Å². The number of hydrogen-bond acceptors (Lipinski definition) is 4. The van der Waals surface area contributed by atoms with Crippen molar-refractivity contribution in [2.45, 2.75) is 20.3 Å². The van der Waals surface area contributed by atoms with Gasteiger partial charge in [-0.1, -0.05) is 38.1 Å². The van der Waals surface area contributed by atoms with Crippen LogP contribution in [0.4, 0.5) is 0 Å². The van der Waals surface area contributed by atoms with Gasteiger partial charge < -0.3 is 0 Å². The molecule has 0 unspecified atom stereocenters. The molecule has 3 rings (SSSR count). The summed E-state index contributed by atoms with van der Waals surface area (Å²) in [4.78, 5) is 18.2. The summed E-state index contributed by atoms with van der Waals surface area (Å²) in [7, 11) is 0. The highest BCUT2D eigenvalue weighted by molar-refractivity contribution is 7.11. The van der Waals surface area contributed by atoms with Crippen molar-refractivity contribution >= 4 is 34.4 Å². The second kappa shape index (κ2) is 7.36. The van der Waals surface area contributed by atoms with Crippen LogP contribution >= 0.6 is 11.3 Å². The van der Waals surface area contributed by atoms with Gasteiger partial charge in [0, 0.05) is 16.0 Å². The fourth-order valence-electron chi connectivity index (χ4n) is 2.52. The van der Waals surface area contributed by atoms with E-state index in [1.165, 1.54) is 0 Å². The van der Waals surface area contributed by atoms with Crippen LogP contribution in [-0.4, -0.2) is 17.1 Å². The molecule has 1 aromatic carbocycles. The SMILES string of the molecule is CC(C)Cc1cc(C(=O)NN=Cc2cccs2)c2ccccc2n1. The highest BCUT2D eigenvalue weighted by Gasteiger charge is 2.13. The lowest BCUT2D eigenvalue weighted by Gasteiger charge is -2.10. The molecule has 1 N–H and O–H groups in total. The third-order valence-corrected chi connectivity index (χ3v) is 4.34. The first kappa shape index (κ1) is 16.3. The Morgan fingerprint density at radius 2 is 2.12 bits per heavy atom. The van der Waals surface area contributed by atoms with Crippen LogP contribution in [0.1, 0.15) is 34.8 Å². The Morgan fingerprint density at radius 1 is 1.29 bits per heavy atom. The number of amides is 1. The van der Waals surface area contributed by atoms with Crippen molar-refractivity contribution in [1.82, 2.24) is 10.4 Å². The number of hydrazone groups is 1. The maximum absolute atomic E-state index is 12.6. The van der Waals surface area contributed by atoms with Gasteiger partial charge in [-0.25, -0.2) is 5.43 Å². The Labute approximate surface area is 145 Å². The van der Waals surface area contributed by atoms with Crippen molar-refractivity contribution in [2.75, 3.05) is 0 Å². The summed E-state index contributed by atoms with van der Waals surface area (Å²) in [5, 5.41) is 6.86. The van der Waals surface area contributed by atoms with Crippen molar-refractivity contribution in [3.63, 3.8) is 0 Å². The third kappa shape index (κ3) is 3.86. The fraction of sp³-hybridized carbons (Fsp3) is 0.211. The number of aromatic nitrogens is 1. The minimum atomic E-state index is -0.216. The Bertz CT molecular complexity index is 869. The topological polar surface area (TPSA) is 54.4 Å². The molecular formula is C19H19N3OS. The number of nitrogens with one attached hydrogen (secondary N) is 1. The molecule has 2 aromatic heterocycles. The molecule has 0 radical (unpaired) electrons. The molecule has 122 valence electrons. The Balaban J connectivity index is 1.89. The number of thiophene rings is 1. The Hall–Kier alpha value is -2.53. The first-order chi connectivity index (χ1) is 11.6. The van der Waals surface area contributed by atoms with E-state index in [1.807, 2.05) is 47.8 Å². The molecule has 0 aliphatic carbocycles. The highest BCUT2D eigenvalue weighted by atomic mass is 32.1. The van der Waals surface area contributed by atoms with Crippen LogP contribution in [0.3, 0.4) is 0 Å². The summed E-state index contributed by atoms with van der Waals surface area (Å²) in [6.45, 7) is 4.28. The number of fused-ring (bicyclic) bond motifs is 1. The molecule has 0 atom stereocenters. The quantitative estimate of drug-likeness (QED) is 0.559. The predicted molar refractivity (Wildman–Crippen MR) is 99.7 cm³/mol. The van der Waals surface area contributed by atoms with Gasteiger partial charge in [-0.2, -0.15) is 5.10 Å². The smallest absolute Gasteiger partial charge is 0.267 e. The predicted octanol–water partition coefficient (Wildman–Crippen LogP) is 4.26. The van der Waals surface area contributed by atoms with Crippen molar-refractivity contribution < 1.29 is 4.79 Å². The summed E-state index contributed by atoms with van der Waals surface area (Å²) >= 11 is 1.57. The van der Waals surface area contributed by atoms with E-state index < -0.39 is 0 Å². The maximum Gasteiger partial charge on any atom is 0.272 e. The summed E-state index contributed by atoms with van der Waals surface area (Å²) in [6.07, 6.45) is 2.49. The second-order valence-electron chi connectivity index (χ2n) is 5.99. The van der Waals surface area contributed by atoms with Gasteiger partial charge in [-0.15, -0.1) is 11.3 Å². The summed E-state index contributed by atoms with van der Waals surface area (Å²) in [5.41, 5.74) is 4.99. The minimum Gasteiger partial charge on any atom is -0.267 e. The van der Waals surface area contributed by atoms with Crippen LogP contribution in [0.15, 0.2) is 52.9 Å². The molecule has 4 nitrogen and oxygen atoms in total. The van der Waals surface area contributed by atoms with Crippen molar-refractivity contribution in [2.24, 2.45) is 11.0 Å². The average molecular weight is 337 g/mol. The standard InChI is InChI=1S/C19H19N3OS/c1-13(2)10-14-11-17(16-7-3-4-8-18(16)21-14)19(23)22-20-12-15-6-5-9-24-15/h3-9,11-13H,10H2,1-2H3,(H,22,23). The molecule has 0 bridgehead atoms. The Morgan fingerprint density at radius 3 is 2.88 bits per heavy atom. The van der Waals surface area contributed by atoms with Crippen molar-refractivity contribution in [3.05, 3.63) is 64.0 Å². The zero-order chi connectivity index (χ0) is 16.9. The Kier molecular flexibility index (Phi) is 5.01. The third-order valence-electron chi connectivity index (χ3n) is 3.53. The number of carbonyl (C=O) groups is 1. The fourth-order valence-corrected chi connectivity index (χ4v) is 3.11. The molecule has 24 heavy (non-hydrogen) atoms. The van der Waals surface area contributed by atoms with Crippen molar-refractivity contribution in [1.29, 1.82) is 0 Å². The zero-order valence-corrected chi connectivity index (χ0v) is 14.5. The number of para-hydroxylation sites is 1. The van der Waals surface area contributed by atoms with E-state index in [1.54, 1.807) is 17.6 Å². The molecule has 1 amide bonds. The second-order valence-corrected chi connectivity index (χ2v) is 6.97. The molecule has 5 heteroatoms. The molecule has 0 saturated carbocycles. The van der Waals surface area contributed by atoms with E-state index in [9.17, 15) is 4.79 Å². The molecule has 0 fully saturated rings. The maximum atomic E-state index is 12.6. The number of nitrogens with zero attached hydrogens (tertiary/aromatic N) is 2. The van der Waals surface area contributed by atoms with Gasteiger partial charge in [0.15, 0.2) is 0 Å². The van der Waals surface area contributed by atoms with Crippen LogP contribution in [0.2, 0.25) is 0 Å². The molecule has 0 spiro atoms. The lowest BCUT2D eigenvalue weighted by Crippen LogP contribution is -2.18. The largest absolute Gasteiger partial charge is 0.272 e. The summed E-state index contributed by atoms with van der Waals surface area (Å²) in [6, 6.07) is 13.5. The van der Waals surface area contributed by atoms with Crippen LogP contribution < -0.4 is 5.43 Å². The molecule has 0 aliphatic heterocycles. The van der Waals surface area contributed by atoms with Gasteiger partial charge in [-0.05, 0) is 35.9 Å². The minimum absolute atomic E-state index is 0.216. The number of carbonyl (C=O) groups excluding carboxylic acids is 1. The molecule has 0 saturated heterocycles. The lowest BCUT2D eigenvalue weighted by atomic mass is 10.0. The van der Waals surface area contributed by atoms with Crippen LogP contribution in [0.25, 0.3) is 10.9 Å². The van der Waals surface area contributed by atoms with E-state index in [0.29, 0.717) is 11.5 Å². The van der Waals surface area contributed by atoms with E-state index in [2.05, 4.69) is 29.4 Å². The number of rotatable bonds is 5. The number of benzene rings is 1. The zero-order valence-electron chi connectivity index (χ0n) is 13.7. The van der Waals surface area contributed by atoms with Gasteiger partial charge in [0.1, 0.15) is 0 Å². The highest BCUT2D eigenvalue weighted by Crippen LogP contribution is 2.20. The van der Waals surface area contributed by atoms with Crippen LogP contribution in [-0.2, 0) is 6.42 Å². The van der Waals surface area contributed by atoms with Gasteiger partial charge in [0.2, 0.25) is 0 Å². The number of pyridine rings is 1. The van der Waals surface area contributed by atoms with Gasteiger partial charge in [0.25, 0.3) is 5.91 Å². The molecule has 0 aliphatic rings. The molecular weight excluding hydrogens is 318 g/mol.